The van der Waals surface area contributed by atoms with Crippen molar-refractivity contribution in [2.75, 3.05) is 13.7 Å². The first kappa shape index (κ1) is 27.4. The minimum absolute atomic E-state index is 0.00933. The molecule has 0 amide bonds. The Kier molecular flexibility index (Phi) is 6.40. The lowest BCUT2D eigenvalue weighted by atomic mass is 9.46. The lowest BCUT2D eigenvalue weighted by Crippen LogP contribution is -2.62. The van der Waals surface area contributed by atoms with Crippen molar-refractivity contribution in [1.82, 2.24) is 14.8 Å². The van der Waals surface area contributed by atoms with Gasteiger partial charge in [-0.2, -0.15) is 9.49 Å². The number of fused-ring (bicyclic) bond motifs is 6. The fourth-order valence-electron chi connectivity index (χ4n) is 8.65. The van der Waals surface area contributed by atoms with Crippen LogP contribution in [0.3, 0.4) is 0 Å². The van der Waals surface area contributed by atoms with E-state index < -0.39 is 34.2 Å². The molecule has 0 spiro atoms. The highest BCUT2D eigenvalue weighted by Crippen LogP contribution is 2.68. The number of carbonyl (C=O) groups excluding carboxylic acids is 2. The van der Waals surface area contributed by atoms with Crippen LogP contribution in [-0.4, -0.2) is 56.4 Å². The molecule has 6 rings (SSSR count). The molecule has 2 saturated carbocycles. The average Bonchev–Trinajstić information content (AvgIpc) is 3.41. The molecule has 0 bridgehead atoms. The third kappa shape index (κ3) is 3.72. The molecule has 0 aliphatic heterocycles. The van der Waals surface area contributed by atoms with Crippen molar-refractivity contribution in [1.29, 1.82) is 0 Å². The molecule has 1 N–H and O–H groups in total. The van der Waals surface area contributed by atoms with Crippen LogP contribution in [-0.2, 0) is 25.5 Å². The molecule has 7 atom stereocenters. The molecule has 212 valence electrons. The molecule has 2 fully saturated rings. The van der Waals surface area contributed by atoms with Gasteiger partial charge in [-0.25, -0.2) is 14.5 Å². The number of carbonyl (C=O) groups is 2. The lowest BCUT2D eigenvalue weighted by molar-refractivity contribution is -0.194. The van der Waals surface area contributed by atoms with Gasteiger partial charge in [-0.3, -0.25) is 4.79 Å². The van der Waals surface area contributed by atoms with Gasteiger partial charge in [0, 0.05) is 23.9 Å². The van der Waals surface area contributed by atoms with Gasteiger partial charge in [-0.05, 0) is 73.8 Å². The van der Waals surface area contributed by atoms with Crippen molar-refractivity contribution in [2.24, 2.45) is 28.6 Å². The van der Waals surface area contributed by atoms with Crippen LogP contribution in [0.15, 0.2) is 41.7 Å². The third-order valence-corrected chi connectivity index (χ3v) is 10.6. The Bertz CT molecular complexity index is 1450. The maximum absolute atomic E-state index is 13.5. The number of aliphatic hydroxyl groups excluding tert-OH is 1. The van der Waals surface area contributed by atoms with Crippen molar-refractivity contribution >= 4 is 29.8 Å². The maximum Gasteiger partial charge on any atom is 0.333 e. The number of ether oxygens (including phenoxy) is 2. The topological polar surface area (TPSA) is 104 Å². The second-order valence-corrected chi connectivity index (χ2v) is 12.7. The quantitative estimate of drug-likeness (QED) is 0.318. The summed E-state index contributed by atoms with van der Waals surface area (Å²) in [4.78, 5) is 29.4. The number of nitrogens with zero attached hydrogens (tertiary/aromatic N) is 3. The summed E-state index contributed by atoms with van der Waals surface area (Å²) in [5.41, 5.74) is 2.31. The molecular weight excluding hydrogens is 533 g/mol. The van der Waals surface area contributed by atoms with E-state index in [9.17, 15) is 19.1 Å². The van der Waals surface area contributed by atoms with Gasteiger partial charge in [-0.1, -0.05) is 25.5 Å². The zero-order valence-corrected chi connectivity index (χ0v) is 24.0. The third-order valence-electron chi connectivity index (χ3n) is 10.3. The smallest absolute Gasteiger partial charge is 0.333 e. The SMILES string of the molecule is COCC(=O)O[C@]1(C(=O)S)CC[C@H]2[C@@H]3C=C(C)C4=Cc5c(cnn5-c5ccc(F)nc5)C[C@]4(C)[C@H]3[C@@H](O)C[C@@]21C. The molecule has 8 nitrogen and oxygen atoms in total. The number of allylic oxidation sites excluding steroid dienone is 3. The van der Waals surface area contributed by atoms with Crippen molar-refractivity contribution in [2.45, 2.75) is 58.2 Å². The number of methoxy groups -OCH3 is 1. The Morgan fingerprint density at radius 1 is 1.27 bits per heavy atom. The highest BCUT2D eigenvalue weighted by atomic mass is 32.1. The molecule has 40 heavy (non-hydrogen) atoms. The number of aliphatic hydroxyl groups is 1. The number of pyridine rings is 1. The first-order valence-electron chi connectivity index (χ1n) is 13.7. The van der Waals surface area contributed by atoms with Crippen LogP contribution >= 0.6 is 12.6 Å². The van der Waals surface area contributed by atoms with Gasteiger partial charge in [-0.15, -0.1) is 12.6 Å². The number of rotatable bonds is 5. The standard InChI is InChI=1S/C30H34FN3O5S/c1-16-9-19-20-7-8-30(27(37)40,39-25(36)15-38-4)29(20,3)12-23(35)26(19)28(2)11-17-13-33-34(22(17)10-21(16)28)18-5-6-24(31)32-14-18/h5-6,9-10,13-14,19-20,23,26,35H,7-8,11-12,15H2,1-4H3,(H,37,40)/t19-,20-,23-,26+,28-,29-,30-/m0/s1. The molecule has 0 aromatic carbocycles. The average molecular weight is 568 g/mol. The van der Waals surface area contributed by atoms with Crippen LogP contribution in [0.2, 0.25) is 0 Å². The molecule has 2 aromatic heterocycles. The highest BCUT2D eigenvalue weighted by molar-refractivity contribution is 7.96. The van der Waals surface area contributed by atoms with Crippen LogP contribution < -0.4 is 0 Å². The van der Waals surface area contributed by atoms with E-state index in [1.807, 2.05) is 13.1 Å². The fraction of sp³-hybridized carbons (Fsp3) is 0.533. The number of esters is 1. The number of hydrogen-bond donors (Lipinski definition) is 2. The van der Waals surface area contributed by atoms with Gasteiger partial charge in [0.1, 0.15) is 6.61 Å². The van der Waals surface area contributed by atoms with E-state index in [1.54, 1.807) is 10.7 Å². The summed E-state index contributed by atoms with van der Waals surface area (Å²) in [5, 5.41) is 16.0. The van der Waals surface area contributed by atoms with Crippen molar-refractivity contribution < 1.29 is 28.6 Å². The van der Waals surface area contributed by atoms with Crippen molar-refractivity contribution in [3.8, 4) is 5.69 Å². The Labute approximate surface area is 238 Å². The second-order valence-electron chi connectivity index (χ2n) is 12.3. The summed E-state index contributed by atoms with van der Waals surface area (Å²) < 4.78 is 26.1. The zero-order chi connectivity index (χ0) is 28.6. The van der Waals surface area contributed by atoms with E-state index >= 15 is 0 Å². The van der Waals surface area contributed by atoms with Crippen molar-refractivity contribution in [3.63, 3.8) is 0 Å². The van der Waals surface area contributed by atoms with Gasteiger partial charge in [0.2, 0.25) is 11.1 Å². The van der Waals surface area contributed by atoms with E-state index in [4.69, 9.17) is 9.47 Å². The van der Waals surface area contributed by atoms with E-state index in [0.717, 1.165) is 22.4 Å². The van der Waals surface area contributed by atoms with E-state index in [0.29, 0.717) is 31.4 Å². The normalized spacial score (nSPS) is 36.0. The largest absolute Gasteiger partial charge is 0.448 e. The predicted molar refractivity (Wildman–Crippen MR) is 148 cm³/mol. The molecule has 2 heterocycles. The molecule has 2 aromatic rings. The van der Waals surface area contributed by atoms with E-state index in [-0.39, 0.29) is 29.8 Å². The summed E-state index contributed by atoms with van der Waals surface area (Å²) in [6.45, 7) is 6.01. The second kappa shape index (κ2) is 9.36. The predicted octanol–water partition coefficient (Wildman–Crippen LogP) is 4.11. The first-order valence-corrected chi connectivity index (χ1v) is 14.1. The van der Waals surface area contributed by atoms with E-state index in [1.165, 1.54) is 19.4 Å². The molecule has 0 saturated heterocycles. The van der Waals surface area contributed by atoms with E-state index in [2.05, 4.69) is 48.7 Å². The fourth-order valence-corrected chi connectivity index (χ4v) is 9.06. The molecule has 0 unspecified atom stereocenters. The monoisotopic (exact) mass is 567 g/mol. The Hall–Kier alpha value is -2.82. The number of hydrogen-bond acceptors (Lipinski definition) is 7. The summed E-state index contributed by atoms with van der Waals surface area (Å²) in [6.07, 6.45) is 8.97. The maximum atomic E-state index is 13.5. The van der Waals surface area contributed by atoms with Gasteiger partial charge in [0.25, 0.3) is 0 Å². The Morgan fingerprint density at radius 3 is 2.73 bits per heavy atom. The number of thiol groups is 1. The number of aromatic nitrogens is 3. The van der Waals surface area contributed by atoms with Gasteiger partial charge in [0.05, 0.1) is 29.9 Å². The van der Waals surface area contributed by atoms with Crippen LogP contribution in [0, 0.1) is 34.5 Å². The summed E-state index contributed by atoms with van der Waals surface area (Å²) >= 11 is 4.22. The summed E-state index contributed by atoms with van der Waals surface area (Å²) in [7, 11) is 1.40. The molecular formula is C30H34FN3O5S. The minimum Gasteiger partial charge on any atom is -0.448 e. The molecule has 0 radical (unpaired) electrons. The minimum atomic E-state index is -1.43. The molecule has 10 heteroatoms. The summed E-state index contributed by atoms with van der Waals surface area (Å²) in [6, 6.07) is 2.97. The van der Waals surface area contributed by atoms with Crippen LogP contribution in [0.1, 0.15) is 51.3 Å². The van der Waals surface area contributed by atoms with Crippen LogP contribution in [0.5, 0.6) is 0 Å². The van der Waals surface area contributed by atoms with Crippen LogP contribution in [0.25, 0.3) is 11.8 Å². The highest BCUT2D eigenvalue weighted by Gasteiger charge is 2.70. The van der Waals surface area contributed by atoms with Crippen LogP contribution in [0.4, 0.5) is 4.39 Å². The van der Waals surface area contributed by atoms with Gasteiger partial charge in [0.15, 0.2) is 5.60 Å². The Morgan fingerprint density at radius 2 is 2.05 bits per heavy atom. The summed E-state index contributed by atoms with van der Waals surface area (Å²) in [5.74, 6) is -1.27. The van der Waals surface area contributed by atoms with Gasteiger partial charge < -0.3 is 14.6 Å². The van der Waals surface area contributed by atoms with Gasteiger partial charge >= 0.3 is 5.97 Å². The molecule has 4 aliphatic rings. The zero-order valence-electron chi connectivity index (χ0n) is 23.1. The Balaban J connectivity index is 1.41. The molecule has 4 aliphatic carbocycles. The first-order chi connectivity index (χ1) is 18.9. The number of halogens is 1. The lowest BCUT2D eigenvalue weighted by Gasteiger charge is -2.59. The van der Waals surface area contributed by atoms with Crippen molar-refractivity contribution in [3.05, 3.63) is 59.0 Å².